The van der Waals surface area contributed by atoms with Crippen LogP contribution in [0, 0.1) is 0 Å². The second-order valence-electron chi connectivity index (χ2n) is 2.90. The van der Waals surface area contributed by atoms with Gasteiger partial charge in [0.15, 0.2) is 5.13 Å². The molecular formula is C9H7Cl2N3S. The summed E-state index contributed by atoms with van der Waals surface area (Å²) in [5.41, 5.74) is 12.1. The van der Waals surface area contributed by atoms with E-state index in [4.69, 9.17) is 34.7 Å². The van der Waals surface area contributed by atoms with Crippen LogP contribution in [0.25, 0.3) is 10.4 Å². The zero-order valence-corrected chi connectivity index (χ0v) is 9.83. The Morgan fingerprint density at radius 2 is 1.87 bits per heavy atom. The van der Waals surface area contributed by atoms with E-state index in [0.717, 1.165) is 10.4 Å². The normalized spacial score (nSPS) is 10.5. The van der Waals surface area contributed by atoms with Gasteiger partial charge in [-0.2, -0.15) is 0 Å². The molecule has 0 radical (unpaired) electrons. The quantitative estimate of drug-likeness (QED) is 0.826. The first-order valence-electron chi connectivity index (χ1n) is 4.05. The highest BCUT2D eigenvalue weighted by molar-refractivity contribution is 7.19. The van der Waals surface area contributed by atoms with Gasteiger partial charge in [-0.1, -0.05) is 40.6 Å². The molecule has 0 bridgehead atoms. The lowest BCUT2D eigenvalue weighted by Crippen LogP contribution is -1.88. The van der Waals surface area contributed by atoms with Crippen LogP contribution < -0.4 is 11.5 Å². The van der Waals surface area contributed by atoms with Gasteiger partial charge in [-0.15, -0.1) is 0 Å². The first-order chi connectivity index (χ1) is 7.08. The molecule has 6 heteroatoms. The zero-order valence-electron chi connectivity index (χ0n) is 7.50. The molecule has 3 nitrogen and oxygen atoms in total. The lowest BCUT2D eigenvalue weighted by Gasteiger charge is -2.00. The molecule has 2 aromatic rings. The predicted octanol–water partition coefficient (Wildman–Crippen LogP) is 3.28. The Balaban J connectivity index is 2.54. The topological polar surface area (TPSA) is 64.9 Å². The number of nitrogen functional groups attached to an aromatic ring is 2. The number of benzene rings is 1. The summed E-state index contributed by atoms with van der Waals surface area (Å²) in [6, 6.07) is 5.29. The summed E-state index contributed by atoms with van der Waals surface area (Å²) in [6.07, 6.45) is 0. The molecule has 0 fully saturated rings. The van der Waals surface area contributed by atoms with Crippen LogP contribution in [0.4, 0.5) is 10.9 Å². The van der Waals surface area contributed by atoms with Crippen LogP contribution in [-0.2, 0) is 0 Å². The van der Waals surface area contributed by atoms with Crippen molar-refractivity contribution in [1.29, 1.82) is 0 Å². The Morgan fingerprint density at radius 1 is 1.13 bits per heavy atom. The van der Waals surface area contributed by atoms with Crippen LogP contribution in [0.5, 0.6) is 0 Å². The third-order valence-corrected chi connectivity index (χ3v) is 3.54. The van der Waals surface area contributed by atoms with E-state index < -0.39 is 0 Å². The fraction of sp³-hybridized carbons (Fsp3) is 0. The number of anilines is 2. The van der Waals surface area contributed by atoms with Crippen molar-refractivity contribution in [1.82, 2.24) is 4.98 Å². The van der Waals surface area contributed by atoms with E-state index in [0.29, 0.717) is 21.0 Å². The van der Waals surface area contributed by atoms with Gasteiger partial charge in [0, 0.05) is 0 Å². The van der Waals surface area contributed by atoms with Crippen LogP contribution in [0.2, 0.25) is 10.0 Å². The van der Waals surface area contributed by atoms with Crippen LogP contribution >= 0.6 is 34.5 Å². The summed E-state index contributed by atoms with van der Waals surface area (Å²) in [6.45, 7) is 0. The number of thiazole rings is 1. The van der Waals surface area contributed by atoms with Crippen molar-refractivity contribution in [3.05, 3.63) is 28.2 Å². The summed E-state index contributed by atoms with van der Waals surface area (Å²) < 4.78 is 0. The summed E-state index contributed by atoms with van der Waals surface area (Å²) in [5, 5.41) is 1.44. The molecule has 15 heavy (non-hydrogen) atoms. The minimum absolute atomic E-state index is 0.413. The molecular weight excluding hydrogens is 253 g/mol. The van der Waals surface area contributed by atoms with Crippen molar-refractivity contribution in [2.75, 3.05) is 11.5 Å². The van der Waals surface area contributed by atoms with E-state index in [2.05, 4.69) is 4.98 Å². The van der Waals surface area contributed by atoms with Gasteiger partial charge in [0.05, 0.1) is 14.9 Å². The van der Waals surface area contributed by atoms with E-state index in [9.17, 15) is 0 Å². The van der Waals surface area contributed by atoms with E-state index in [1.807, 2.05) is 6.07 Å². The van der Waals surface area contributed by atoms with Gasteiger partial charge in [-0.25, -0.2) is 4.98 Å². The maximum atomic E-state index is 5.90. The first-order valence-corrected chi connectivity index (χ1v) is 5.62. The Bertz CT molecular complexity index is 510. The molecule has 0 saturated heterocycles. The standard InChI is InChI=1S/C9H7Cl2N3S/c10-5-2-1-4(3-6(5)11)7-8(12)14-9(13)15-7/h1-3H,12H2,(H2,13,14). The highest BCUT2D eigenvalue weighted by atomic mass is 35.5. The Kier molecular flexibility index (Phi) is 2.73. The third kappa shape index (κ3) is 2.02. The summed E-state index contributed by atoms with van der Waals surface area (Å²) in [5.74, 6) is 0.413. The Hall–Kier alpha value is -0.970. The number of nitrogens with two attached hydrogens (primary N) is 2. The fourth-order valence-electron chi connectivity index (χ4n) is 1.19. The molecule has 78 valence electrons. The molecule has 0 spiro atoms. The highest BCUT2D eigenvalue weighted by Gasteiger charge is 2.10. The van der Waals surface area contributed by atoms with E-state index in [1.54, 1.807) is 12.1 Å². The van der Waals surface area contributed by atoms with Gasteiger partial charge in [0.2, 0.25) is 0 Å². The molecule has 0 atom stereocenters. The van der Waals surface area contributed by atoms with E-state index >= 15 is 0 Å². The molecule has 0 unspecified atom stereocenters. The molecule has 0 amide bonds. The second kappa shape index (κ2) is 3.89. The average molecular weight is 260 g/mol. The number of aromatic nitrogens is 1. The highest BCUT2D eigenvalue weighted by Crippen LogP contribution is 2.36. The van der Waals surface area contributed by atoms with Gasteiger partial charge in [-0.3, -0.25) is 0 Å². The summed E-state index contributed by atoms with van der Waals surface area (Å²) >= 11 is 13.0. The zero-order chi connectivity index (χ0) is 11.0. The third-order valence-electron chi connectivity index (χ3n) is 1.85. The van der Waals surface area contributed by atoms with Crippen molar-refractivity contribution < 1.29 is 0 Å². The van der Waals surface area contributed by atoms with Crippen LogP contribution in [0.15, 0.2) is 18.2 Å². The number of halogens is 2. The molecule has 1 aromatic carbocycles. The predicted molar refractivity (Wildman–Crippen MR) is 66.4 cm³/mol. The lowest BCUT2D eigenvalue weighted by atomic mass is 10.2. The number of nitrogens with zero attached hydrogens (tertiary/aromatic N) is 1. The van der Waals surface area contributed by atoms with Crippen molar-refractivity contribution in [2.24, 2.45) is 0 Å². The largest absolute Gasteiger partial charge is 0.382 e. The second-order valence-corrected chi connectivity index (χ2v) is 4.74. The van der Waals surface area contributed by atoms with Crippen LogP contribution in [0.3, 0.4) is 0 Å². The molecule has 0 aliphatic heterocycles. The van der Waals surface area contributed by atoms with Crippen LogP contribution in [-0.4, -0.2) is 4.98 Å². The summed E-state index contributed by atoms with van der Waals surface area (Å²) in [7, 11) is 0. The van der Waals surface area contributed by atoms with E-state index in [1.165, 1.54) is 11.3 Å². The molecule has 0 aliphatic carbocycles. The molecule has 0 aliphatic rings. The van der Waals surface area contributed by atoms with Crippen molar-refractivity contribution in [3.63, 3.8) is 0 Å². The SMILES string of the molecule is Nc1nc(N)c(-c2ccc(Cl)c(Cl)c2)s1. The van der Waals surface area contributed by atoms with Gasteiger partial charge in [0.1, 0.15) is 5.82 Å². The molecule has 2 rings (SSSR count). The van der Waals surface area contributed by atoms with E-state index in [-0.39, 0.29) is 0 Å². The average Bonchev–Trinajstić information content (AvgIpc) is 2.50. The maximum Gasteiger partial charge on any atom is 0.182 e. The number of hydrogen-bond donors (Lipinski definition) is 2. The number of hydrogen-bond acceptors (Lipinski definition) is 4. The minimum atomic E-state index is 0.413. The van der Waals surface area contributed by atoms with Crippen molar-refractivity contribution in [2.45, 2.75) is 0 Å². The van der Waals surface area contributed by atoms with Crippen LogP contribution in [0.1, 0.15) is 0 Å². The maximum absolute atomic E-state index is 5.90. The molecule has 0 saturated carbocycles. The Morgan fingerprint density at radius 3 is 2.40 bits per heavy atom. The van der Waals surface area contributed by atoms with Crippen molar-refractivity contribution in [3.8, 4) is 10.4 Å². The number of rotatable bonds is 1. The first kappa shape index (κ1) is 10.5. The van der Waals surface area contributed by atoms with Gasteiger partial charge in [0.25, 0.3) is 0 Å². The Labute approximate surface area is 101 Å². The van der Waals surface area contributed by atoms with Gasteiger partial charge in [-0.05, 0) is 17.7 Å². The van der Waals surface area contributed by atoms with Gasteiger partial charge < -0.3 is 11.5 Å². The van der Waals surface area contributed by atoms with Gasteiger partial charge >= 0.3 is 0 Å². The summed E-state index contributed by atoms with van der Waals surface area (Å²) in [4.78, 5) is 4.75. The lowest BCUT2D eigenvalue weighted by molar-refractivity contribution is 1.43. The molecule has 1 aromatic heterocycles. The minimum Gasteiger partial charge on any atom is -0.382 e. The molecule has 4 N–H and O–H groups in total. The smallest absolute Gasteiger partial charge is 0.182 e. The monoisotopic (exact) mass is 259 g/mol. The fourth-order valence-corrected chi connectivity index (χ4v) is 2.24. The molecule has 1 heterocycles. The van der Waals surface area contributed by atoms with Crippen molar-refractivity contribution >= 4 is 45.5 Å².